The summed E-state index contributed by atoms with van der Waals surface area (Å²) in [5.41, 5.74) is 0. The van der Waals surface area contributed by atoms with Crippen LogP contribution in [0.4, 0.5) is 0 Å². The van der Waals surface area contributed by atoms with Crippen LogP contribution >= 0.6 is 0 Å². The molecule has 1 aromatic carbocycles. The summed E-state index contributed by atoms with van der Waals surface area (Å²) in [7, 11) is 0. The normalized spacial score (nSPS) is 10.6. The highest BCUT2D eigenvalue weighted by Gasteiger charge is 2.09. The van der Waals surface area contributed by atoms with Crippen LogP contribution in [0.3, 0.4) is 0 Å². The molecule has 0 atom stereocenters. The van der Waals surface area contributed by atoms with Crippen LogP contribution in [0.5, 0.6) is 5.88 Å². The van der Waals surface area contributed by atoms with Gasteiger partial charge < -0.3 is 14.8 Å². The van der Waals surface area contributed by atoms with Crippen molar-refractivity contribution in [1.29, 1.82) is 0 Å². The molecular formula is C10H9NO3. The molecule has 0 aliphatic carbocycles. The molecule has 0 bridgehead atoms. The topological polar surface area (TPSA) is 62.5 Å². The number of aliphatic carboxylic acids is 1. The fourth-order valence-corrected chi connectivity index (χ4v) is 1.46. The van der Waals surface area contributed by atoms with Crippen LogP contribution in [-0.2, 0) is 11.3 Å². The number of carboxylic acid groups (broad SMARTS) is 1. The Kier molecular flexibility index (Phi) is 1.89. The smallest absolute Gasteiger partial charge is 0.323 e. The van der Waals surface area contributed by atoms with E-state index in [9.17, 15) is 9.90 Å². The van der Waals surface area contributed by atoms with E-state index in [4.69, 9.17) is 5.11 Å². The Hall–Kier alpha value is -1.97. The van der Waals surface area contributed by atoms with Gasteiger partial charge in [0.2, 0.25) is 0 Å². The third kappa shape index (κ3) is 1.31. The number of hydrogen-bond acceptors (Lipinski definition) is 2. The second-order valence-electron chi connectivity index (χ2n) is 3.06. The van der Waals surface area contributed by atoms with Crippen LogP contribution in [0, 0.1) is 0 Å². The van der Waals surface area contributed by atoms with E-state index in [2.05, 4.69) is 0 Å². The lowest BCUT2D eigenvalue weighted by Gasteiger charge is -1.98. The SMILES string of the molecule is O=C(O)Cn1cc2ccccc2c1O. The van der Waals surface area contributed by atoms with Gasteiger partial charge in [0.15, 0.2) is 5.88 Å². The monoisotopic (exact) mass is 191 g/mol. The zero-order valence-corrected chi connectivity index (χ0v) is 7.34. The molecule has 0 unspecified atom stereocenters. The Morgan fingerprint density at radius 1 is 1.36 bits per heavy atom. The summed E-state index contributed by atoms with van der Waals surface area (Å²) in [5, 5.41) is 19.7. The molecule has 4 nitrogen and oxygen atoms in total. The Morgan fingerprint density at radius 3 is 2.71 bits per heavy atom. The van der Waals surface area contributed by atoms with Crippen LogP contribution in [0.1, 0.15) is 0 Å². The third-order valence-corrected chi connectivity index (χ3v) is 2.07. The molecule has 1 heterocycles. The van der Waals surface area contributed by atoms with Gasteiger partial charge in [-0.1, -0.05) is 18.2 Å². The van der Waals surface area contributed by atoms with E-state index < -0.39 is 5.97 Å². The number of nitrogens with zero attached hydrogens (tertiary/aromatic N) is 1. The van der Waals surface area contributed by atoms with Gasteiger partial charge in [-0.25, -0.2) is 0 Å². The second-order valence-corrected chi connectivity index (χ2v) is 3.06. The van der Waals surface area contributed by atoms with Gasteiger partial charge >= 0.3 is 5.97 Å². The zero-order chi connectivity index (χ0) is 10.1. The minimum Gasteiger partial charge on any atom is -0.494 e. The number of aromatic hydroxyl groups is 1. The number of carboxylic acids is 1. The molecule has 0 aliphatic heterocycles. The first-order valence-corrected chi connectivity index (χ1v) is 4.17. The lowest BCUT2D eigenvalue weighted by molar-refractivity contribution is -0.137. The first kappa shape index (κ1) is 8.62. The van der Waals surface area contributed by atoms with E-state index in [0.717, 1.165) is 5.39 Å². The van der Waals surface area contributed by atoms with Gasteiger partial charge in [-0.2, -0.15) is 0 Å². The molecule has 0 saturated heterocycles. The number of fused-ring (bicyclic) bond motifs is 1. The molecule has 0 radical (unpaired) electrons. The van der Waals surface area contributed by atoms with Gasteiger partial charge in [0.25, 0.3) is 0 Å². The minimum atomic E-state index is -0.972. The fourth-order valence-electron chi connectivity index (χ4n) is 1.46. The Bertz CT molecular complexity index is 487. The van der Waals surface area contributed by atoms with E-state index in [-0.39, 0.29) is 12.4 Å². The van der Waals surface area contributed by atoms with E-state index in [1.165, 1.54) is 4.57 Å². The molecule has 1 aromatic heterocycles. The maximum atomic E-state index is 10.5. The van der Waals surface area contributed by atoms with Crippen molar-refractivity contribution in [1.82, 2.24) is 4.57 Å². The van der Waals surface area contributed by atoms with Crippen molar-refractivity contribution in [2.45, 2.75) is 6.54 Å². The summed E-state index contributed by atoms with van der Waals surface area (Å²) in [6, 6.07) is 7.22. The Morgan fingerprint density at radius 2 is 2.07 bits per heavy atom. The van der Waals surface area contributed by atoms with Gasteiger partial charge in [0.05, 0.1) is 0 Å². The molecule has 0 spiro atoms. The number of aromatic nitrogens is 1. The van der Waals surface area contributed by atoms with E-state index in [1.807, 2.05) is 12.1 Å². The lowest BCUT2D eigenvalue weighted by atomic mass is 10.2. The molecule has 0 aliphatic rings. The summed E-state index contributed by atoms with van der Waals surface area (Å²) < 4.78 is 1.31. The highest BCUT2D eigenvalue weighted by Crippen LogP contribution is 2.26. The number of benzene rings is 1. The van der Waals surface area contributed by atoms with Crippen LogP contribution in [0.25, 0.3) is 10.8 Å². The molecule has 0 amide bonds. The summed E-state index contributed by atoms with van der Waals surface area (Å²) in [5.74, 6) is -0.969. The van der Waals surface area contributed by atoms with Gasteiger partial charge in [0.1, 0.15) is 6.54 Å². The second kappa shape index (κ2) is 3.06. The molecule has 0 saturated carbocycles. The molecule has 0 fully saturated rings. The summed E-state index contributed by atoms with van der Waals surface area (Å²) >= 11 is 0. The third-order valence-electron chi connectivity index (χ3n) is 2.07. The summed E-state index contributed by atoms with van der Waals surface area (Å²) in [6.45, 7) is -0.222. The minimum absolute atomic E-state index is 0.00278. The predicted molar refractivity (Wildman–Crippen MR) is 51.2 cm³/mol. The summed E-state index contributed by atoms with van der Waals surface area (Å²) in [6.07, 6.45) is 1.62. The highest BCUT2D eigenvalue weighted by atomic mass is 16.4. The van der Waals surface area contributed by atoms with Crippen molar-refractivity contribution in [2.75, 3.05) is 0 Å². The standard InChI is InChI=1S/C10H9NO3/c12-9(13)6-11-5-7-3-1-2-4-8(7)10(11)14/h1-5,14H,6H2,(H,12,13). The van der Waals surface area contributed by atoms with Gasteiger partial charge in [-0.3, -0.25) is 4.79 Å². The molecular weight excluding hydrogens is 182 g/mol. The first-order valence-electron chi connectivity index (χ1n) is 4.17. The number of rotatable bonds is 2. The van der Waals surface area contributed by atoms with Crippen molar-refractivity contribution in [3.05, 3.63) is 30.5 Å². The summed E-state index contributed by atoms with van der Waals surface area (Å²) in [4.78, 5) is 10.5. The van der Waals surface area contributed by atoms with Crippen molar-refractivity contribution < 1.29 is 15.0 Å². The maximum absolute atomic E-state index is 10.5. The highest BCUT2D eigenvalue weighted by molar-refractivity contribution is 5.88. The molecule has 72 valence electrons. The molecule has 14 heavy (non-hydrogen) atoms. The van der Waals surface area contributed by atoms with Crippen molar-refractivity contribution in [3.63, 3.8) is 0 Å². The molecule has 2 rings (SSSR count). The van der Waals surface area contributed by atoms with Crippen LogP contribution in [0.2, 0.25) is 0 Å². The predicted octanol–water partition coefficient (Wildman–Crippen LogP) is 1.43. The van der Waals surface area contributed by atoms with Gasteiger partial charge in [-0.05, 0) is 6.07 Å². The average molecular weight is 191 g/mol. The van der Waals surface area contributed by atoms with Crippen molar-refractivity contribution in [3.8, 4) is 5.88 Å². The molecule has 4 heteroatoms. The lowest BCUT2D eigenvalue weighted by Crippen LogP contribution is -2.06. The largest absolute Gasteiger partial charge is 0.494 e. The van der Waals surface area contributed by atoms with Gasteiger partial charge in [0, 0.05) is 17.0 Å². The first-order chi connectivity index (χ1) is 6.68. The van der Waals surface area contributed by atoms with E-state index >= 15 is 0 Å². The fraction of sp³-hybridized carbons (Fsp3) is 0.100. The molecule has 2 aromatic rings. The van der Waals surface area contributed by atoms with Gasteiger partial charge in [-0.15, -0.1) is 0 Å². The average Bonchev–Trinajstić information content (AvgIpc) is 2.44. The number of hydrogen-bond donors (Lipinski definition) is 2. The van der Waals surface area contributed by atoms with E-state index in [0.29, 0.717) is 5.39 Å². The van der Waals surface area contributed by atoms with Crippen molar-refractivity contribution in [2.24, 2.45) is 0 Å². The number of carbonyl (C=O) groups is 1. The Balaban J connectivity index is 2.57. The quantitative estimate of drug-likeness (QED) is 0.754. The molecule has 2 N–H and O–H groups in total. The van der Waals surface area contributed by atoms with E-state index in [1.54, 1.807) is 18.3 Å². The van der Waals surface area contributed by atoms with Crippen LogP contribution < -0.4 is 0 Å². The van der Waals surface area contributed by atoms with Crippen molar-refractivity contribution >= 4 is 16.7 Å². The van der Waals surface area contributed by atoms with Crippen LogP contribution in [-0.4, -0.2) is 20.7 Å². The Labute approximate surface area is 80.0 Å². The van der Waals surface area contributed by atoms with Crippen LogP contribution in [0.15, 0.2) is 30.5 Å². The maximum Gasteiger partial charge on any atom is 0.323 e. The zero-order valence-electron chi connectivity index (χ0n) is 7.34.